The van der Waals surface area contributed by atoms with Gasteiger partial charge in [-0.1, -0.05) is 19.2 Å². The zero-order valence-corrected chi connectivity index (χ0v) is 24.0. The SMILES string of the molecule is C=CC(=O)Nc1cc(NCN=CNC(=C)C2C=Cc3c(cnn3C)C2)c(OC)cc1N(C)CCCN(C)C(C)=O. The summed E-state index contributed by atoms with van der Waals surface area (Å²) >= 11 is 0. The summed E-state index contributed by atoms with van der Waals surface area (Å²) in [7, 11) is 7.23. The molecule has 3 N–H and O–H groups in total. The Bertz CT molecular complexity index is 1300. The van der Waals surface area contributed by atoms with Crippen LogP contribution >= 0.6 is 0 Å². The van der Waals surface area contributed by atoms with Crippen LogP contribution in [0.25, 0.3) is 6.08 Å². The van der Waals surface area contributed by atoms with Gasteiger partial charge in [-0.2, -0.15) is 5.10 Å². The monoisotopic (exact) mass is 548 g/mol. The minimum Gasteiger partial charge on any atom is -0.495 e. The topological polar surface area (TPSA) is 116 Å². The van der Waals surface area contributed by atoms with E-state index in [4.69, 9.17) is 4.74 Å². The fourth-order valence-electron chi connectivity index (χ4n) is 4.33. The van der Waals surface area contributed by atoms with Crippen LogP contribution in [0.5, 0.6) is 5.75 Å². The number of amides is 2. The molecule has 0 bridgehead atoms. The van der Waals surface area contributed by atoms with Crippen LogP contribution in [-0.2, 0) is 23.1 Å². The summed E-state index contributed by atoms with van der Waals surface area (Å²) in [4.78, 5) is 31.8. The van der Waals surface area contributed by atoms with Gasteiger partial charge in [-0.05, 0) is 36.6 Å². The number of aryl methyl sites for hydroxylation is 1. The number of methoxy groups -OCH3 is 1. The van der Waals surface area contributed by atoms with E-state index in [-0.39, 0.29) is 24.4 Å². The molecule has 1 heterocycles. The molecule has 11 heteroatoms. The van der Waals surface area contributed by atoms with E-state index in [9.17, 15) is 9.59 Å². The Labute approximate surface area is 236 Å². The predicted molar refractivity (Wildman–Crippen MR) is 162 cm³/mol. The number of ether oxygens (including phenoxy) is 1. The van der Waals surface area contributed by atoms with Gasteiger partial charge >= 0.3 is 0 Å². The Kier molecular flexibility index (Phi) is 10.5. The Morgan fingerprint density at radius 2 is 2.05 bits per heavy atom. The summed E-state index contributed by atoms with van der Waals surface area (Å²) in [6.07, 6.45) is 10.5. The average Bonchev–Trinajstić information content (AvgIpc) is 3.32. The number of carbonyl (C=O) groups is 2. The zero-order chi connectivity index (χ0) is 29.2. The molecular formula is C29H40N8O3. The van der Waals surface area contributed by atoms with Gasteiger partial charge in [0.25, 0.3) is 0 Å². The molecule has 2 aromatic rings. The molecule has 0 radical (unpaired) electrons. The first-order valence-electron chi connectivity index (χ1n) is 13.1. The standard InChI is InChI=1S/C29H40N8O3/c1-8-29(39)34-24-15-25(28(40-7)16-27(24)36(5)13-9-12-35(4)21(3)38)32-19-30-18-31-20(2)22-10-11-26-23(14-22)17-33-37(26)6/h8,10-11,15-18,22,32H,1-2,9,12-14,19H2,3-7H3,(H,30,31)(H,34,39). The quantitative estimate of drug-likeness (QED) is 0.189. The maximum atomic E-state index is 12.2. The molecule has 3 rings (SSSR count). The molecule has 0 saturated carbocycles. The van der Waals surface area contributed by atoms with Crippen LogP contribution in [0.1, 0.15) is 24.6 Å². The average molecular weight is 549 g/mol. The van der Waals surface area contributed by atoms with Crippen molar-refractivity contribution in [2.24, 2.45) is 18.0 Å². The lowest BCUT2D eigenvalue weighted by Crippen LogP contribution is -2.29. The van der Waals surface area contributed by atoms with Crippen molar-refractivity contribution >= 4 is 41.3 Å². The molecule has 1 aliphatic rings. The Balaban J connectivity index is 1.63. The molecule has 0 aliphatic heterocycles. The summed E-state index contributed by atoms with van der Waals surface area (Å²) in [5, 5.41) is 13.6. The van der Waals surface area contributed by atoms with Crippen molar-refractivity contribution in [1.82, 2.24) is 20.0 Å². The van der Waals surface area contributed by atoms with E-state index in [0.29, 0.717) is 30.2 Å². The molecule has 11 nitrogen and oxygen atoms in total. The van der Waals surface area contributed by atoms with E-state index in [0.717, 1.165) is 29.9 Å². The molecule has 1 aliphatic carbocycles. The van der Waals surface area contributed by atoms with Crippen molar-refractivity contribution in [3.05, 3.63) is 60.6 Å². The highest BCUT2D eigenvalue weighted by Crippen LogP contribution is 2.37. The molecule has 0 spiro atoms. The van der Waals surface area contributed by atoms with Gasteiger partial charge in [0.1, 0.15) is 12.4 Å². The summed E-state index contributed by atoms with van der Waals surface area (Å²) in [6.45, 7) is 10.8. The van der Waals surface area contributed by atoms with Crippen LogP contribution in [0, 0.1) is 5.92 Å². The Morgan fingerprint density at radius 3 is 2.75 bits per heavy atom. The van der Waals surface area contributed by atoms with Gasteiger partial charge in [-0.15, -0.1) is 0 Å². The Morgan fingerprint density at radius 1 is 1.27 bits per heavy atom. The first-order valence-corrected chi connectivity index (χ1v) is 13.1. The summed E-state index contributed by atoms with van der Waals surface area (Å²) < 4.78 is 7.50. The maximum Gasteiger partial charge on any atom is 0.247 e. The number of aromatic nitrogens is 2. The number of nitrogens with one attached hydrogen (secondary N) is 3. The molecule has 1 atom stereocenters. The number of fused-ring (bicyclic) bond motifs is 1. The number of nitrogens with zero attached hydrogens (tertiary/aromatic N) is 5. The van der Waals surface area contributed by atoms with Crippen molar-refractivity contribution in [1.29, 1.82) is 0 Å². The lowest BCUT2D eigenvalue weighted by molar-refractivity contribution is -0.127. The van der Waals surface area contributed by atoms with E-state index < -0.39 is 0 Å². The molecular weight excluding hydrogens is 508 g/mol. The maximum absolute atomic E-state index is 12.2. The minimum absolute atomic E-state index is 0.0232. The fourth-order valence-corrected chi connectivity index (χ4v) is 4.33. The van der Waals surface area contributed by atoms with Gasteiger partial charge in [0.15, 0.2) is 0 Å². The van der Waals surface area contributed by atoms with E-state index in [2.05, 4.69) is 51.4 Å². The third-order valence-electron chi connectivity index (χ3n) is 6.84. The van der Waals surface area contributed by atoms with Crippen LogP contribution in [0.4, 0.5) is 17.1 Å². The molecule has 2 amide bonds. The third-order valence-corrected chi connectivity index (χ3v) is 6.84. The van der Waals surface area contributed by atoms with Crippen LogP contribution in [0.15, 0.2) is 54.3 Å². The lowest BCUT2D eigenvalue weighted by atomic mass is 9.92. The number of benzene rings is 1. The molecule has 1 aromatic carbocycles. The first kappa shape index (κ1) is 30.0. The van der Waals surface area contributed by atoms with E-state index in [1.807, 2.05) is 42.0 Å². The zero-order valence-electron chi connectivity index (χ0n) is 24.0. The molecule has 40 heavy (non-hydrogen) atoms. The van der Waals surface area contributed by atoms with Crippen molar-refractivity contribution in [3.63, 3.8) is 0 Å². The molecule has 214 valence electrons. The summed E-state index contributed by atoms with van der Waals surface area (Å²) in [6, 6.07) is 3.68. The number of rotatable bonds is 14. The Hall–Kier alpha value is -4.54. The van der Waals surface area contributed by atoms with E-state index in [1.165, 1.54) is 11.6 Å². The molecule has 0 saturated heterocycles. The number of hydrogen-bond donors (Lipinski definition) is 3. The van der Waals surface area contributed by atoms with Crippen molar-refractivity contribution in [2.75, 3.05) is 56.5 Å². The van der Waals surface area contributed by atoms with Crippen molar-refractivity contribution in [2.45, 2.75) is 19.8 Å². The fraction of sp³-hybridized carbons (Fsp3) is 0.379. The number of aliphatic imine (C=N–C) groups is 1. The first-order chi connectivity index (χ1) is 19.1. The van der Waals surface area contributed by atoms with Gasteiger partial charge < -0.3 is 30.5 Å². The number of carbonyl (C=O) groups excluding carboxylic acids is 2. The highest BCUT2D eigenvalue weighted by molar-refractivity contribution is 6.02. The van der Waals surface area contributed by atoms with Crippen molar-refractivity contribution < 1.29 is 14.3 Å². The third kappa shape index (κ3) is 7.75. The van der Waals surface area contributed by atoms with Gasteiger partial charge in [-0.25, -0.2) is 0 Å². The number of anilines is 3. The largest absolute Gasteiger partial charge is 0.495 e. The van der Waals surface area contributed by atoms with Crippen LogP contribution < -0.4 is 25.6 Å². The van der Waals surface area contributed by atoms with Crippen LogP contribution in [0.3, 0.4) is 0 Å². The number of hydrogen-bond acceptors (Lipinski definition) is 7. The number of allylic oxidation sites excluding steroid dienone is 1. The van der Waals surface area contributed by atoms with Gasteiger partial charge in [0.05, 0.1) is 42.4 Å². The van der Waals surface area contributed by atoms with Crippen LogP contribution in [-0.4, -0.2) is 73.8 Å². The highest BCUT2D eigenvalue weighted by Gasteiger charge is 2.19. The van der Waals surface area contributed by atoms with Gasteiger partial charge in [0.2, 0.25) is 11.8 Å². The smallest absolute Gasteiger partial charge is 0.247 e. The molecule has 1 unspecified atom stereocenters. The molecule has 0 fully saturated rings. The summed E-state index contributed by atoms with van der Waals surface area (Å²) in [5.74, 6) is 0.458. The highest BCUT2D eigenvalue weighted by atomic mass is 16.5. The molecule has 1 aromatic heterocycles. The second-order valence-electron chi connectivity index (χ2n) is 9.64. The van der Waals surface area contributed by atoms with E-state index in [1.54, 1.807) is 32.3 Å². The second-order valence-corrected chi connectivity index (χ2v) is 9.64. The second kappa shape index (κ2) is 14.0. The van der Waals surface area contributed by atoms with Gasteiger partial charge in [-0.3, -0.25) is 19.3 Å². The van der Waals surface area contributed by atoms with E-state index >= 15 is 0 Å². The lowest BCUT2D eigenvalue weighted by Gasteiger charge is -2.25. The van der Waals surface area contributed by atoms with Gasteiger partial charge in [0, 0.05) is 58.8 Å². The minimum atomic E-state index is -0.321. The van der Waals surface area contributed by atoms with Crippen LogP contribution in [0.2, 0.25) is 0 Å². The normalized spacial score (nSPS) is 13.9. The van der Waals surface area contributed by atoms with Crippen molar-refractivity contribution in [3.8, 4) is 5.75 Å². The summed E-state index contributed by atoms with van der Waals surface area (Å²) in [5.41, 5.74) is 5.22. The predicted octanol–water partition coefficient (Wildman–Crippen LogP) is 3.24.